The summed E-state index contributed by atoms with van der Waals surface area (Å²) in [6.07, 6.45) is 5.81. The van der Waals surface area contributed by atoms with Gasteiger partial charge >= 0.3 is 0 Å². The maximum absolute atomic E-state index is 14.0. The van der Waals surface area contributed by atoms with Crippen molar-refractivity contribution in [3.05, 3.63) is 59.9 Å². The van der Waals surface area contributed by atoms with Crippen molar-refractivity contribution in [2.75, 3.05) is 5.73 Å². The standard InChI is InChI=1S/C15H10ClFN4/c16-10-5-9(6-20-7-10)15-12(1-2-14(18)21-15)11-3-4-19-8-13(11)17/h1-8H,(H2,18,21). The summed E-state index contributed by atoms with van der Waals surface area (Å²) in [5, 5.41) is 0.470. The molecule has 0 unspecified atom stereocenters. The van der Waals surface area contributed by atoms with E-state index in [1.54, 1.807) is 30.5 Å². The van der Waals surface area contributed by atoms with Crippen LogP contribution in [0.4, 0.5) is 10.2 Å². The molecular formula is C15H10ClFN4. The van der Waals surface area contributed by atoms with Crippen molar-refractivity contribution in [2.45, 2.75) is 0 Å². The second-order valence-electron chi connectivity index (χ2n) is 4.38. The molecule has 0 fully saturated rings. The van der Waals surface area contributed by atoms with Crippen molar-refractivity contribution in [1.82, 2.24) is 15.0 Å². The maximum Gasteiger partial charge on any atom is 0.149 e. The Labute approximate surface area is 125 Å². The molecule has 3 aromatic rings. The van der Waals surface area contributed by atoms with Crippen LogP contribution in [0.15, 0.2) is 49.1 Å². The van der Waals surface area contributed by atoms with Crippen molar-refractivity contribution in [2.24, 2.45) is 0 Å². The summed E-state index contributed by atoms with van der Waals surface area (Å²) in [7, 11) is 0. The monoisotopic (exact) mass is 300 g/mol. The van der Waals surface area contributed by atoms with Gasteiger partial charge in [0.05, 0.1) is 16.9 Å². The number of nitrogens with two attached hydrogens (primary N) is 1. The van der Waals surface area contributed by atoms with Crippen LogP contribution in [0.1, 0.15) is 0 Å². The molecule has 0 radical (unpaired) electrons. The summed E-state index contributed by atoms with van der Waals surface area (Å²) < 4.78 is 14.0. The molecule has 0 aromatic carbocycles. The van der Waals surface area contributed by atoms with Gasteiger partial charge in [-0.05, 0) is 24.3 Å². The fourth-order valence-corrected chi connectivity index (χ4v) is 2.22. The van der Waals surface area contributed by atoms with E-state index in [9.17, 15) is 4.39 Å². The second-order valence-corrected chi connectivity index (χ2v) is 4.82. The molecule has 3 heterocycles. The molecule has 0 amide bonds. The van der Waals surface area contributed by atoms with E-state index in [1.807, 2.05) is 0 Å². The van der Waals surface area contributed by atoms with E-state index in [-0.39, 0.29) is 0 Å². The van der Waals surface area contributed by atoms with E-state index in [1.165, 1.54) is 12.4 Å². The van der Waals surface area contributed by atoms with Crippen molar-refractivity contribution in [1.29, 1.82) is 0 Å². The highest BCUT2D eigenvalue weighted by molar-refractivity contribution is 6.30. The first-order valence-corrected chi connectivity index (χ1v) is 6.50. The van der Waals surface area contributed by atoms with E-state index in [2.05, 4.69) is 15.0 Å². The van der Waals surface area contributed by atoms with Crippen molar-refractivity contribution in [3.8, 4) is 22.4 Å². The SMILES string of the molecule is Nc1ccc(-c2ccncc2F)c(-c2cncc(Cl)c2)n1. The van der Waals surface area contributed by atoms with Gasteiger partial charge in [0, 0.05) is 35.3 Å². The van der Waals surface area contributed by atoms with Gasteiger partial charge < -0.3 is 5.73 Å². The van der Waals surface area contributed by atoms with Crippen molar-refractivity contribution >= 4 is 17.4 Å². The summed E-state index contributed by atoms with van der Waals surface area (Å²) >= 11 is 5.96. The third kappa shape index (κ3) is 2.68. The van der Waals surface area contributed by atoms with E-state index in [0.29, 0.717) is 33.2 Å². The highest BCUT2D eigenvalue weighted by Gasteiger charge is 2.13. The first kappa shape index (κ1) is 13.5. The van der Waals surface area contributed by atoms with Gasteiger partial charge in [0.2, 0.25) is 0 Å². The molecule has 0 atom stereocenters. The zero-order valence-corrected chi connectivity index (χ0v) is 11.5. The van der Waals surface area contributed by atoms with E-state index in [0.717, 1.165) is 6.20 Å². The maximum atomic E-state index is 14.0. The summed E-state index contributed by atoms with van der Waals surface area (Å²) in [5.41, 5.74) is 7.94. The van der Waals surface area contributed by atoms with Crippen LogP contribution in [0.5, 0.6) is 0 Å². The highest BCUT2D eigenvalue weighted by atomic mass is 35.5. The number of nitrogens with zero attached hydrogens (tertiary/aromatic N) is 3. The van der Waals surface area contributed by atoms with Gasteiger partial charge in [-0.3, -0.25) is 9.97 Å². The zero-order chi connectivity index (χ0) is 14.8. The van der Waals surface area contributed by atoms with Crippen LogP contribution < -0.4 is 5.73 Å². The molecule has 6 heteroatoms. The Hall–Kier alpha value is -2.53. The number of aromatic nitrogens is 3. The van der Waals surface area contributed by atoms with Gasteiger partial charge in [0.1, 0.15) is 11.6 Å². The summed E-state index contributed by atoms with van der Waals surface area (Å²) in [5.74, 6) is -0.0940. The molecule has 4 nitrogen and oxygen atoms in total. The highest BCUT2D eigenvalue weighted by Crippen LogP contribution is 2.33. The number of pyridine rings is 3. The largest absolute Gasteiger partial charge is 0.384 e. The van der Waals surface area contributed by atoms with Crippen LogP contribution in [0.3, 0.4) is 0 Å². The van der Waals surface area contributed by atoms with Gasteiger partial charge in [-0.25, -0.2) is 9.37 Å². The summed E-state index contributed by atoms with van der Waals surface area (Å²) in [4.78, 5) is 12.1. The fraction of sp³-hybridized carbons (Fsp3) is 0. The van der Waals surface area contributed by atoms with Crippen LogP contribution in [0.25, 0.3) is 22.4 Å². The number of anilines is 1. The zero-order valence-electron chi connectivity index (χ0n) is 10.8. The molecule has 21 heavy (non-hydrogen) atoms. The van der Waals surface area contributed by atoms with Gasteiger partial charge in [-0.1, -0.05) is 11.6 Å². The minimum Gasteiger partial charge on any atom is -0.384 e. The lowest BCUT2D eigenvalue weighted by Gasteiger charge is -2.10. The molecule has 0 spiro atoms. The summed E-state index contributed by atoms with van der Waals surface area (Å²) in [6, 6.07) is 6.64. The van der Waals surface area contributed by atoms with Crippen LogP contribution in [-0.2, 0) is 0 Å². The molecule has 2 N–H and O–H groups in total. The number of hydrogen-bond donors (Lipinski definition) is 1. The van der Waals surface area contributed by atoms with E-state index >= 15 is 0 Å². The number of halogens is 2. The smallest absolute Gasteiger partial charge is 0.149 e. The van der Waals surface area contributed by atoms with Crippen LogP contribution >= 0.6 is 11.6 Å². The lowest BCUT2D eigenvalue weighted by Crippen LogP contribution is -1.97. The lowest BCUT2D eigenvalue weighted by atomic mass is 10.0. The molecule has 0 saturated carbocycles. The molecule has 0 bridgehead atoms. The predicted molar refractivity (Wildman–Crippen MR) is 80.1 cm³/mol. The molecule has 0 aliphatic rings. The molecule has 104 valence electrons. The first-order valence-electron chi connectivity index (χ1n) is 6.12. The third-order valence-electron chi connectivity index (χ3n) is 2.96. The topological polar surface area (TPSA) is 64.7 Å². The molecule has 3 rings (SSSR count). The lowest BCUT2D eigenvalue weighted by molar-refractivity contribution is 0.625. The van der Waals surface area contributed by atoms with Crippen molar-refractivity contribution in [3.63, 3.8) is 0 Å². The second kappa shape index (κ2) is 5.46. The molecule has 0 saturated heterocycles. The summed E-state index contributed by atoms with van der Waals surface area (Å²) in [6.45, 7) is 0. The Balaban J connectivity index is 2.25. The predicted octanol–water partition coefficient (Wildman–Crippen LogP) is 3.58. The Morgan fingerprint density at radius 2 is 1.86 bits per heavy atom. The van der Waals surface area contributed by atoms with Crippen LogP contribution in [0.2, 0.25) is 5.02 Å². The van der Waals surface area contributed by atoms with E-state index in [4.69, 9.17) is 17.3 Å². The average molecular weight is 301 g/mol. The molecule has 3 aromatic heterocycles. The van der Waals surface area contributed by atoms with Gasteiger partial charge in [0.15, 0.2) is 0 Å². The molecule has 0 aliphatic carbocycles. The molecule has 0 aliphatic heterocycles. The Bertz CT molecular complexity index is 807. The Morgan fingerprint density at radius 1 is 1.00 bits per heavy atom. The van der Waals surface area contributed by atoms with Gasteiger partial charge in [-0.2, -0.15) is 0 Å². The number of hydrogen-bond acceptors (Lipinski definition) is 4. The van der Waals surface area contributed by atoms with Crippen LogP contribution in [-0.4, -0.2) is 15.0 Å². The number of rotatable bonds is 2. The fourth-order valence-electron chi connectivity index (χ4n) is 2.05. The Kier molecular flexibility index (Phi) is 3.50. The van der Waals surface area contributed by atoms with E-state index < -0.39 is 5.82 Å². The third-order valence-corrected chi connectivity index (χ3v) is 3.16. The quantitative estimate of drug-likeness (QED) is 0.785. The van der Waals surface area contributed by atoms with Crippen molar-refractivity contribution < 1.29 is 4.39 Å². The number of nitrogen functional groups attached to an aromatic ring is 1. The minimum atomic E-state index is -0.430. The van der Waals surface area contributed by atoms with Crippen LogP contribution in [0, 0.1) is 5.82 Å². The average Bonchev–Trinajstić information content (AvgIpc) is 2.48. The minimum absolute atomic E-state index is 0.336. The molecular weight excluding hydrogens is 291 g/mol. The van der Waals surface area contributed by atoms with Gasteiger partial charge in [-0.15, -0.1) is 0 Å². The normalized spacial score (nSPS) is 10.6. The first-order chi connectivity index (χ1) is 10.1. The Morgan fingerprint density at radius 3 is 2.62 bits per heavy atom. The van der Waals surface area contributed by atoms with Gasteiger partial charge in [0.25, 0.3) is 0 Å².